The summed E-state index contributed by atoms with van der Waals surface area (Å²) >= 11 is 4.88. The monoisotopic (exact) mass is 693 g/mol. The van der Waals surface area contributed by atoms with Gasteiger partial charge in [0.1, 0.15) is 12.4 Å². The largest absolute Gasteiger partial charge is 0.496 e. The number of fused-ring (bicyclic) bond motifs is 2. The van der Waals surface area contributed by atoms with Crippen molar-refractivity contribution in [2.24, 2.45) is 4.99 Å². The van der Waals surface area contributed by atoms with Gasteiger partial charge in [-0.1, -0.05) is 75.8 Å². The van der Waals surface area contributed by atoms with Crippen LogP contribution in [-0.4, -0.2) is 24.6 Å². The summed E-state index contributed by atoms with van der Waals surface area (Å²) in [4.78, 5) is 32.6. The topological polar surface area (TPSA) is 103 Å². The normalized spacial score (nSPS) is 14.4. The van der Waals surface area contributed by atoms with E-state index >= 15 is 0 Å². The van der Waals surface area contributed by atoms with Gasteiger partial charge in [0.05, 0.1) is 36.4 Å². The average molecular weight is 695 g/mol. The quantitative estimate of drug-likeness (QED) is 0.192. The van der Waals surface area contributed by atoms with Crippen LogP contribution >= 0.6 is 27.3 Å². The van der Waals surface area contributed by atoms with E-state index in [0.717, 1.165) is 21.9 Å². The first-order valence-corrected chi connectivity index (χ1v) is 15.9. The standard InChI is InChI=1S/C36H28BrN3O5S/c1-20-32(21(2)41)34(33-26-12-8-7-9-22(26)13-14-28(33)43-3)40-35(42)31(46-36(40)39-20)16-25-15-29(44-4)30(17-27(25)37)45-19-24-11-6-5-10-23(24)18-38/h5-17,34H,19H2,1-4H3/b31-16-. The number of nitrogens with zero attached hydrogens (tertiary/aromatic N) is 3. The van der Waals surface area contributed by atoms with Crippen LogP contribution < -0.4 is 29.1 Å². The Morgan fingerprint density at radius 3 is 2.52 bits per heavy atom. The van der Waals surface area contributed by atoms with Crippen LogP contribution in [0.1, 0.15) is 42.1 Å². The SMILES string of the molecule is COc1cc(/C=c2\sc3n(c2=O)C(c2c(OC)ccc4ccccc24)C(C(C)=O)=C(C)N=3)c(Br)cc1OCc1ccccc1C#N. The summed E-state index contributed by atoms with van der Waals surface area (Å²) in [6.07, 6.45) is 1.77. The van der Waals surface area contributed by atoms with Crippen molar-refractivity contribution in [1.82, 2.24) is 4.57 Å². The number of methoxy groups -OCH3 is 2. The Kier molecular flexibility index (Phi) is 8.63. The van der Waals surface area contributed by atoms with Crippen LogP contribution in [0.25, 0.3) is 16.8 Å². The van der Waals surface area contributed by atoms with E-state index in [9.17, 15) is 14.9 Å². The summed E-state index contributed by atoms with van der Waals surface area (Å²) in [6.45, 7) is 3.48. The van der Waals surface area contributed by atoms with Gasteiger partial charge in [0.25, 0.3) is 5.56 Å². The van der Waals surface area contributed by atoms with Gasteiger partial charge in [0, 0.05) is 26.9 Å². The van der Waals surface area contributed by atoms with Gasteiger partial charge in [-0.25, -0.2) is 4.99 Å². The summed E-state index contributed by atoms with van der Waals surface area (Å²) in [5.74, 6) is 1.35. The third-order valence-electron chi connectivity index (χ3n) is 7.92. The highest BCUT2D eigenvalue weighted by Crippen LogP contribution is 2.40. The first kappa shape index (κ1) is 31.0. The Hall–Kier alpha value is -4.98. The zero-order valence-corrected chi connectivity index (χ0v) is 27.9. The second-order valence-corrected chi connectivity index (χ2v) is 12.5. The number of ether oxygens (including phenoxy) is 3. The molecule has 0 aliphatic carbocycles. The molecule has 1 aliphatic heterocycles. The fourth-order valence-corrected chi connectivity index (χ4v) is 7.24. The minimum Gasteiger partial charge on any atom is -0.496 e. The number of ketones is 1. The van der Waals surface area contributed by atoms with E-state index in [4.69, 9.17) is 19.2 Å². The average Bonchev–Trinajstić information content (AvgIpc) is 3.37. The molecule has 8 nitrogen and oxygen atoms in total. The van der Waals surface area contributed by atoms with Crippen molar-refractivity contribution in [2.45, 2.75) is 26.5 Å². The fraction of sp³-hybridized carbons (Fsp3) is 0.167. The second-order valence-electron chi connectivity index (χ2n) is 10.6. The predicted molar refractivity (Wildman–Crippen MR) is 181 cm³/mol. The molecule has 0 saturated carbocycles. The van der Waals surface area contributed by atoms with Crippen molar-refractivity contribution < 1.29 is 19.0 Å². The van der Waals surface area contributed by atoms with E-state index in [1.807, 2.05) is 48.5 Å². The van der Waals surface area contributed by atoms with Crippen LogP contribution in [0.4, 0.5) is 0 Å². The van der Waals surface area contributed by atoms with Gasteiger partial charge in [0.2, 0.25) is 0 Å². The third-order valence-corrected chi connectivity index (χ3v) is 9.59. The number of rotatable bonds is 8. The van der Waals surface area contributed by atoms with Gasteiger partial charge < -0.3 is 14.2 Å². The van der Waals surface area contributed by atoms with Crippen molar-refractivity contribution in [1.29, 1.82) is 5.26 Å². The lowest BCUT2D eigenvalue weighted by Crippen LogP contribution is -2.39. The third kappa shape index (κ3) is 5.53. The minimum absolute atomic E-state index is 0.170. The van der Waals surface area contributed by atoms with E-state index in [2.05, 4.69) is 22.0 Å². The molecule has 0 saturated heterocycles. The van der Waals surface area contributed by atoms with Gasteiger partial charge in [-0.3, -0.25) is 14.2 Å². The molecule has 1 aliphatic rings. The lowest BCUT2D eigenvalue weighted by molar-refractivity contribution is -0.114. The lowest BCUT2D eigenvalue weighted by atomic mass is 9.89. The molecule has 0 radical (unpaired) electrons. The molecule has 5 aromatic rings. The van der Waals surface area contributed by atoms with Crippen LogP contribution in [0.15, 0.2) is 98.3 Å². The first-order chi connectivity index (χ1) is 22.2. The molecule has 10 heteroatoms. The molecule has 1 unspecified atom stereocenters. The van der Waals surface area contributed by atoms with E-state index in [1.54, 1.807) is 56.1 Å². The number of nitriles is 1. The smallest absolute Gasteiger partial charge is 0.271 e. The van der Waals surface area contributed by atoms with E-state index in [0.29, 0.717) is 53.5 Å². The van der Waals surface area contributed by atoms with Crippen LogP contribution in [0.5, 0.6) is 17.2 Å². The van der Waals surface area contributed by atoms with Crippen molar-refractivity contribution in [3.8, 4) is 23.3 Å². The summed E-state index contributed by atoms with van der Waals surface area (Å²) in [7, 11) is 3.13. The van der Waals surface area contributed by atoms with E-state index in [-0.39, 0.29) is 17.9 Å². The summed E-state index contributed by atoms with van der Waals surface area (Å²) in [5.41, 5.74) is 3.43. The van der Waals surface area contributed by atoms with Crippen molar-refractivity contribution in [2.75, 3.05) is 14.2 Å². The second kappa shape index (κ2) is 12.8. The van der Waals surface area contributed by atoms with Gasteiger partial charge in [-0.15, -0.1) is 0 Å². The van der Waals surface area contributed by atoms with Gasteiger partial charge in [-0.2, -0.15) is 5.26 Å². The number of hydrogen-bond donors (Lipinski definition) is 0. The molecule has 230 valence electrons. The maximum atomic E-state index is 14.3. The number of Topliss-reactive ketones (excluding diaryl/α,β-unsaturated/α-hetero) is 1. The molecule has 6 rings (SSSR count). The maximum Gasteiger partial charge on any atom is 0.271 e. The number of allylic oxidation sites excluding steroid dienone is 2. The van der Waals surface area contributed by atoms with Crippen LogP contribution in [0.2, 0.25) is 0 Å². The molecular formula is C36H28BrN3O5S. The number of carbonyl (C=O) groups excluding carboxylic acids is 1. The maximum absolute atomic E-state index is 14.3. The summed E-state index contributed by atoms with van der Waals surface area (Å²) < 4.78 is 20.2. The Labute approximate surface area is 277 Å². The van der Waals surface area contributed by atoms with Crippen LogP contribution in [-0.2, 0) is 11.4 Å². The molecule has 1 atom stereocenters. The molecular weight excluding hydrogens is 666 g/mol. The zero-order valence-electron chi connectivity index (χ0n) is 25.5. The van der Waals surface area contributed by atoms with Crippen molar-refractivity contribution in [3.63, 3.8) is 0 Å². The van der Waals surface area contributed by atoms with E-state index in [1.165, 1.54) is 18.3 Å². The van der Waals surface area contributed by atoms with Gasteiger partial charge in [0.15, 0.2) is 22.1 Å². The summed E-state index contributed by atoms with van der Waals surface area (Å²) in [6, 6.07) is 23.9. The Bertz CT molecular complexity index is 2300. The number of thiazole rings is 1. The molecule has 0 N–H and O–H groups in total. The Morgan fingerprint density at radius 2 is 1.78 bits per heavy atom. The molecule has 4 aromatic carbocycles. The highest BCUT2D eigenvalue weighted by molar-refractivity contribution is 9.10. The molecule has 0 amide bonds. The van der Waals surface area contributed by atoms with Crippen LogP contribution in [0.3, 0.4) is 0 Å². The minimum atomic E-state index is -0.734. The Balaban J connectivity index is 1.48. The van der Waals surface area contributed by atoms with Gasteiger partial charge >= 0.3 is 0 Å². The van der Waals surface area contributed by atoms with Crippen molar-refractivity contribution in [3.05, 3.63) is 130 Å². The number of hydrogen-bond acceptors (Lipinski definition) is 8. The number of carbonyl (C=O) groups is 1. The fourth-order valence-electron chi connectivity index (χ4n) is 5.77. The molecule has 46 heavy (non-hydrogen) atoms. The molecule has 1 aromatic heterocycles. The Morgan fingerprint density at radius 1 is 1.04 bits per heavy atom. The first-order valence-electron chi connectivity index (χ1n) is 14.3. The highest BCUT2D eigenvalue weighted by Gasteiger charge is 2.34. The number of aromatic nitrogens is 1. The molecule has 2 heterocycles. The van der Waals surface area contributed by atoms with Gasteiger partial charge in [-0.05, 0) is 60.5 Å². The number of benzene rings is 4. The lowest BCUT2D eigenvalue weighted by Gasteiger charge is -2.27. The summed E-state index contributed by atoms with van der Waals surface area (Å²) in [5, 5.41) is 11.3. The predicted octanol–water partition coefficient (Wildman–Crippen LogP) is 6.21. The highest BCUT2D eigenvalue weighted by atomic mass is 79.9. The molecule has 0 spiro atoms. The number of halogens is 1. The zero-order chi connectivity index (χ0) is 32.5. The van der Waals surface area contributed by atoms with E-state index < -0.39 is 6.04 Å². The molecule has 0 fully saturated rings. The van der Waals surface area contributed by atoms with Crippen LogP contribution in [0, 0.1) is 11.3 Å². The molecule has 0 bridgehead atoms. The van der Waals surface area contributed by atoms with Crippen molar-refractivity contribution >= 4 is 49.9 Å².